The van der Waals surface area contributed by atoms with Gasteiger partial charge in [0.15, 0.2) is 0 Å². The van der Waals surface area contributed by atoms with Crippen molar-refractivity contribution in [2.24, 2.45) is 0 Å². The largest absolute Gasteiger partial charge is 0.475 e. The lowest BCUT2D eigenvalue weighted by Crippen LogP contribution is -2.41. The number of amides is 2. The zero-order valence-electron chi connectivity index (χ0n) is 16.7. The highest BCUT2D eigenvalue weighted by Crippen LogP contribution is 2.24. The van der Waals surface area contributed by atoms with Gasteiger partial charge in [0.2, 0.25) is 5.88 Å². The SMILES string of the molecule is CC(C)Oc1ncccc1CNC(=O)NCC(c1ccccc1)N1CCCC1. The van der Waals surface area contributed by atoms with E-state index in [1.165, 1.54) is 18.4 Å². The standard InChI is InChI=1S/C22H30N4O2/c1-17(2)28-21-19(11-8-12-23-21)15-24-22(27)25-16-20(26-13-6-7-14-26)18-9-4-3-5-10-18/h3-5,8-12,17,20H,6-7,13-16H2,1-2H3,(H2,24,25,27). The minimum atomic E-state index is -0.181. The van der Waals surface area contributed by atoms with E-state index in [-0.39, 0.29) is 18.2 Å². The maximum atomic E-state index is 12.4. The third-order valence-electron chi connectivity index (χ3n) is 4.86. The van der Waals surface area contributed by atoms with Crippen LogP contribution in [0.15, 0.2) is 48.7 Å². The van der Waals surface area contributed by atoms with Crippen molar-refractivity contribution >= 4 is 6.03 Å². The maximum Gasteiger partial charge on any atom is 0.315 e. The molecule has 1 aliphatic heterocycles. The molecule has 3 rings (SSSR count). The number of aromatic nitrogens is 1. The van der Waals surface area contributed by atoms with E-state index in [4.69, 9.17) is 4.74 Å². The second kappa shape index (κ2) is 10.1. The summed E-state index contributed by atoms with van der Waals surface area (Å²) in [4.78, 5) is 19.1. The first-order valence-electron chi connectivity index (χ1n) is 10.0. The Morgan fingerprint density at radius 1 is 1.11 bits per heavy atom. The number of nitrogens with zero attached hydrogens (tertiary/aromatic N) is 2. The van der Waals surface area contributed by atoms with Gasteiger partial charge in [0.25, 0.3) is 0 Å². The molecule has 1 fully saturated rings. The second-order valence-electron chi connectivity index (χ2n) is 7.37. The molecule has 0 saturated carbocycles. The fourth-order valence-electron chi connectivity index (χ4n) is 3.50. The number of benzene rings is 1. The number of carbonyl (C=O) groups excluding carboxylic acids is 1. The fourth-order valence-corrected chi connectivity index (χ4v) is 3.50. The molecule has 2 amide bonds. The predicted molar refractivity (Wildman–Crippen MR) is 110 cm³/mol. The molecule has 1 saturated heterocycles. The molecule has 0 bridgehead atoms. The van der Waals surface area contributed by atoms with Crippen LogP contribution in [-0.4, -0.2) is 41.7 Å². The van der Waals surface area contributed by atoms with Crippen LogP contribution in [0.2, 0.25) is 0 Å². The molecule has 1 aliphatic rings. The summed E-state index contributed by atoms with van der Waals surface area (Å²) in [6.45, 7) is 7.03. The highest BCUT2D eigenvalue weighted by molar-refractivity contribution is 5.73. The summed E-state index contributed by atoms with van der Waals surface area (Å²) in [5, 5.41) is 5.96. The highest BCUT2D eigenvalue weighted by atomic mass is 16.5. The molecule has 0 spiro atoms. The van der Waals surface area contributed by atoms with Crippen molar-refractivity contribution in [2.75, 3.05) is 19.6 Å². The van der Waals surface area contributed by atoms with E-state index in [2.05, 4.69) is 44.8 Å². The predicted octanol–water partition coefficient (Wildman–Crippen LogP) is 3.51. The topological polar surface area (TPSA) is 66.5 Å². The lowest BCUT2D eigenvalue weighted by molar-refractivity contribution is 0.219. The molecular weight excluding hydrogens is 352 g/mol. The van der Waals surface area contributed by atoms with Gasteiger partial charge in [0, 0.05) is 24.8 Å². The van der Waals surface area contributed by atoms with Gasteiger partial charge < -0.3 is 15.4 Å². The number of urea groups is 1. The molecule has 2 aromatic rings. The normalized spacial score (nSPS) is 15.4. The van der Waals surface area contributed by atoms with Crippen LogP contribution >= 0.6 is 0 Å². The number of hydrogen-bond acceptors (Lipinski definition) is 4. The van der Waals surface area contributed by atoms with Crippen LogP contribution in [0.4, 0.5) is 4.79 Å². The van der Waals surface area contributed by atoms with E-state index in [9.17, 15) is 4.79 Å². The van der Waals surface area contributed by atoms with Gasteiger partial charge in [-0.15, -0.1) is 0 Å². The number of carbonyl (C=O) groups is 1. The molecule has 2 N–H and O–H groups in total. The Bertz CT molecular complexity index is 745. The average Bonchev–Trinajstić information content (AvgIpc) is 3.22. The second-order valence-corrected chi connectivity index (χ2v) is 7.37. The Hall–Kier alpha value is -2.60. The van der Waals surface area contributed by atoms with Gasteiger partial charge >= 0.3 is 6.03 Å². The molecule has 6 heteroatoms. The van der Waals surface area contributed by atoms with Crippen molar-refractivity contribution in [3.63, 3.8) is 0 Å². The van der Waals surface area contributed by atoms with Gasteiger partial charge in [0.05, 0.1) is 12.1 Å². The van der Waals surface area contributed by atoms with Crippen molar-refractivity contribution in [3.8, 4) is 5.88 Å². The minimum Gasteiger partial charge on any atom is -0.475 e. The van der Waals surface area contributed by atoms with Crippen molar-refractivity contribution < 1.29 is 9.53 Å². The summed E-state index contributed by atoms with van der Waals surface area (Å²) in [6, 6.07) is 14.2. The van der Waals surface area contributed by atoms with Crippen LogP contribution in [0.25, 0.3) is 0 Å². The van der Waals surface area contributed by atoms with E-state index >= 15 is 0 Å². The summed E-state index contributed by atoms with van der Waals surface area (Å²) >= 11 is 0. The van der Waals surface area contributed by atoms with E-state index < -0.39 is 0 Å². The summed E-state index contributed by atoms with van der Waals surface area (Å²) in [7, 11) is 0. The zero-order chi connectivity index (χ0) is 19.8. The Balaban J connectivity index is 1.55. The van der Waals surface area contributed by atoms with Gasteiger partial charge in [-0.1, -0.05) is 36.4 Å². The molecule has 0 aliphatic carbocycles. The molecule has 150 valence electrons. The Labute approximate surface area is 167 Å². The molecular formula is C22H30N4O2. The van der Waals surface area contributed by atoms with Crippen LogP contribution in [0.1, 0.15) is 43.9 Å². The van der Waals surface area contributed by atoms with E-state index in [0.717, 1.165) is 18.7 Å². The first-order valence-corrected chi connectivity index (χ1v) is 10.0. The number of nitrogens with one attached hydrogen (secondary N) is 2. The fraction of sp³-hybridized carbons (Fsp3) is 0.455. The summed E-state index contributed by atoms with van der Waals surface area (Å²) in [6.07, 6.45) is 4.17. The number of ether oxygens (including phenoxy) is 1. The summed E-state index contributed by atoms with van der Waals surface area (Å²) < 4.78 is 5.71. The molecule has 1 aromatic heterocycles. The van der Waals surface area contributed by atoms with E-state index in [0.29, 0.717) is 19.0 Å². The molecule has 2 heterocycles. The zero-order valence-corrected chi connectivity index (χ0v) is 16.7. The van der Waals surface area contributed by atoms with Gasteiger partial charge in [-0.05, 0) is 51.4 Å². The molecule has 1 unspecified atom stereocenters. The van der Waals surface area contributed by atoms with Crippen LogP contribution in [0.5, 0.6) is 5.88 Å². The third kappa shape index (κ3) is 5.70. The lowest BCUT2D eigenvalue weighted by atomic mass is 10.1. The Morgan fingerprint density at radius 3 is 2.57 bits per heavy atom. The number of hydrogen-bond donors (Lipinski definition) is 2. The smallest absolute Gasteiger partial charge is 0.315 e. The van der Waals surface area contributed by atoms with Crippen LogP contribution in [0.3, 0.4) is 0 Å². The first kappa shape index (κ1) is 20.1. The summed E-state index contributed by atoms with van der Waals surface area (Å²) in [5.74, 6) is 0.567. The van der Waals surface area contributed by atoms with Crippen molar-refractivity contribution in [3.05, 3.63) is 59.8 Å². The van der Waals surface area contributed by atoms with E-state index in [1.54, 1.807) is 6.20 Å². The van der Waals surface area contributed by atoms with Crippen molar-refractivity contribution in [1.29, 1.82) is 0 Å². The van der Waals surface area contributed by atoms with Crippen LogP contribution in [-0.2, 0) is 6.54 Å². The van der Waals surface area contributed by atoms with Crippen LogP contribution in [0, 0.1) is 0 Å². The monoisotopic (exact) mass is 382 g/mol. The average molecular weight is 383 g/mol. The Morgan fingerprint density at radius 2 is 1.86 bits per heavy atom. The summed E-state index contributed by atoms with van der Waals surface area (Å²) in [5.41, 5.74) is 2.11. The molecule has 1 atom stereocenters. The number of pyridine rings is 1. The van der Waals surface area contributed by atoms with Gasteiger partial charge in [-0.25, -0.2) is 9.78 Å². The van der Waals surface area contributed by atoms with Crippen LogP contribution < -0.4 is 15.4 Å². The van der Waals surface area contributed by atoms with Gasteiger partial charge in [-0.3, -0.25) is 4.90 Å². The first-order chi connectivity index (χ1) is 13.6. The molecule has 28 heavy (non-hydrogen) atoms. The van der Waals surface area contributed by atoms with Gasteiger partial charge in [0.1, 0.15) is 0 Å². The van der Waals surface area contributed by atoms with Gasteiger partial charge in [-0.2, -0.15) is 0 Å². The minimum absolute atomic E-state index is 0.0366. The molecule has 0 radical (unpaired) electrons. The number of rotatable bonds is 8. The van der Waals surface area contributed by atoms with Crippen molar-refractivity contribution in [2.45, 2.75) is 45.4 Å². The molecule has 6 nitrogen and oxygen atoms in total. The third-order valence-corrected chi connectivity index (χ3v) is 4.86. The van der Waals surface area contributed by atoms with E-state index in [1.807, 2.05) is 32.0 Å². The maximum absolute atomic E-state index is 12.4. The quantitative estimate of drug-likeness (QED) is 0.733. The van der Waals surface area contributed by atoms with Crippen molar-refractivity contribution in [1.82, 2.24) is 20.5 Å². The molecule has 1 aromatic carbocycles. The Kier molecular flexibility index (Phi) is 7.25. The highest BCUT2D eigenvalue weighted by Gasteiger charge is 2.23. The number of likely N-dealkylation sites (tertiary alicyclic amines) is 1. The lowest BCUT2D eigenvalue weighted by Gasteiger charge is -2.28.